The summed E-state index contributed by atoms with van der Waals surface area (Å²) in [5, 5.41) is 0. The van der Waals surface area contributed by atoms with Gasteiger partial charge in [-0.25, -0.2) is 9.78 Å². The minimum atomic E-state index is -0.755. The number of rotatable bonds is 1. The number of nitrogens with two attached hydrogens (primary N) is 1. The second-order valence-corrected chi connectivity index (χ2v) is 3.99. The number of anilines is 1. The lowest BCUT2D eigenvalue weighted by Gasteiger charge is -2.18. The molecule has 0 saturated carbocycles. The highest BCUT2D eigenvalue weighted by Gasteiger charge is 2.17. The summed E-state index contributed by atoms with van der Waals surface area (Å²) in [5.74, 6) is 0.671. The summed E-state index contributed by atoms with van der Waals surface area (Å²) < 4.78 is 9.82. The molecule has 5 heteroatoms. The Labute approximate surface area is 88.2 Å². The molecule has 0 fully saturated rings. The molecule has 0 amide bonds. The van der Waals surface area contributed by atoms with Crippen LogP contribution in [0.3, 0.4) is 0 Å². The summed E-state index contributed by atoms with van der Waals surface area (Å²) in [4.78, 5) is 15.0. The van der Waals surface area contributed by atoms with Crippen molar-refractivity contribution >= 4 is 12.0 Å². The Bertz CT molecular complexity index is 341. The van der Waals surface area contributed by atoms with Gasteiger partial charge in [0, 0.05) is 0 Å². The van der Waals surface area contributed by atoms with Gasteiger partial charge in [0.25, 0.3) is 0 Å². The maximum Gasteiger partial charge on any atom is 0.514 e. The molecule has 0 aliphatic rings. The first-order valence-corrected chi connectivity index (χ1v) is 4.49. The van der Waals surface area contributed by atoms with E-state index in [1.54, 1.807) is 32.9 Å². The molecule has 0 saturated heterocycles. The topological polar surface area (TPSA) is 74.4 Å². The van der Waals surface area contributed by atoms with Gasteiger partial charge in [-0.05, 0) is 32.9 Å². The minimum Gasteiger partial charge on any atom is -0.428 e. The van der Waals surface area contributed by atoms with Crippen molar-refractivity contribution in [2.75, 3.05) is 5.73 Å². The lowest BCUT2D eigenvalue weighted by atomic mass is 10.2. The van der Waals surface area contributed by atoms with Gasteiger partial charge >= 0.3 is 6.16 Å². The lowest BCUT2D eigenvalue weighted by molar-refractivity contribution is 0.0205. The number of aromatic nitrogens is 1. The fourth-order valence-corrected chi connectivity index (χ4v) is 0.819. The number of pyridine rings is 1. The maximum absolute atomic E-state index is 11.2. The smallest absolute Gasteiger partial charge is 0.428 e. The third-order valence-corrected chi connectivity index (χ3v) is 1.35. The quantitative estimate of drug-likeness (QED) is 0.717. The highest BCUT2D eigenvalue weighted by molar-refractivity contribution is 5.64. The van der Waals surface area contributed by atoms with Gasteiger partial charge in [0.15, 0.2) is 5.75 Å². The van der Waals surface area contributed by atoms with Crippen molar-refractivity contribution in [3.63, 3.8) is 0 Å². The summed E-state index contributed by atoms with van der Waals surface area (Å²) >= 11 is 0. The van der Waals surface area contributed by atoms with E-state index < -0.39 is 11.8 Å². The van der Waals surface area contributed by atoms with Crippen LogP contribution in [-0.2, 0) is 4.74 Å². The Morgan fingerprint density at radius 1 is 1.40 bits per heavy atom. The number of hydrogen-bond acceptors (Lipinski definition) is 5. The molecule has 0 spiro atoms. The number of hydrogen-bond donors (Lipinski definition) is 1. The van der Waals surface area contributed by atoms with Crippen molar-refractivity contribution in [2.45, 2.75) is 26.4 Å². The van der Waals surface area contributed by atoms with Crippen LogP contribution < -0.4 is 10.5 Å². The van der Waals surface area contributed by atoms with Crippen molar-refractivity contribution in [1.82, 2.24) is 4.98 Å². The third kappa shape index (κ3) is 4.30. The van der Waals surface area contributed by atoms with Gasteiger partial charge in [-0.2, -0.15) is 0 Å². The van der Waals surface area contributed by atoms with Gasteiger partial charge in [-0.3, -0.25) is 0 Å². The minimum absolute atomic E-state index is 0.304. The van der Waals surface area contributed by atoms with Gasteiger partial charge < -0.3 is 15.2 Å². The molecule has 0 atom stereocenters. The van der Waals surface area contributed by atoms with E-state index in [9.17, 15) is 4.79 Å². The van der Waals surface area contributed by atoms with Gasteiger partial charge in [-0.1, -0.05) is 0 Å². The molecule has 0 aromatic carbocycles. The second-order valence-electron chi connectivity index (χ2n) is 3.99. The van der Waals surface area contributed by atoms with Crippen LogP contribution in [0.2, 0.25) is 0 Å². The Hall–Kier alpha value is -1.78. The summed E-state index contributed by atoms with van der Waals surface area (Å²) in [5.41, 5.74) is 4.81. The Kier molecular flexibility index (Phi) is 3.14. The van der Waals surface area contributed by atoms with Crippen LogP contribution in [0.25, 0.3) is 0 Å². The zero-order valence-corrected chi connectivity index (χ0v) is 8.98. The SMILES string of the molecule is CC(C)(C)OC(=O)Oc1ccc(N)nc1. The molecular formula is C10H14N2O3. The van der Waals surface area contributed by atoms with Gasteiger partial charge in [0.1, 0.15) is 11.4 Å². The number of carbonyl (C=O) groups is 1. The lowest BCUT2D eigenvalue weighted by Crippen LogP contribution is -2.26. The van der Waals surface area contributed by atoms with E-state index in [-0.39, 0.29) is 0 Å². The van der Waals surface area contributed by atoms with Crippen LogP contribution in [0, 0.1) is 0 Å². The molecule has 0 unspecified atom stereocenters. The molecule has 0 radical (unpaired) electrons. The Balaban J connectivity index is 2.55. The van der Waals surface area contributed by atoms with E-state index in [4.69, 9.17) is 15.2 Å². The summed E-state index contributed by atoms with van der Waals surface area (Å²) in [6, 6.07) is 3.09. The monoisotopic (exact) mass is 210 g/mol. The fourth-order valence-electron chi connectivity index (χ4n) is 0.819. The molecule has 0 bridgehead atoms. The van der Waals surface area contributed by atoms with Gasteiger partial charge in [-0.15, -0.1) is 0 Å². The van der Waals surface area contributed by atoms with Crippen molar-refractivity contribution in [2.24, 2.45) is 0 Å². The predicted octanol–water partition coefficient (Wildman–Crippen LogP) is 1.98. The van der Waals surface area contributed by atoms with Crippen LogP contribution in [0.5, 0.6) is 5.75 Å². The van der Waals surface area contributed by atoms with E-state index in [2.05, 4.69) is 4.98 Å². The summed E-state index contributed by atoms with van der Waals surface area (Å²) in [6.45, 7) is 5.28. The second kappa shape index (κ2) is 4.16. The first-order chi connectivity index (χ1) is 6.87. The number of carbonyl (C=O) groups excluding carboxylic acids is 1. The van der Waals surface area contributed by atoms with Crippen LogP contribution in [0.15, 0.2) is 18.3 Å². The molecule has 0 aliphatic heterocycles. The van der Waals surface area contributed by atoms with Crippen molar-refractivity contribution in [3.05, 3.63) is 18.3 Å². The highest BCUT2D eigenvalue weighted by atomic mass is 16.7. The largest absolute Gasteiger partial charge is 0.514 e. The number of ether oxygens (including phenoxy) is 2. The molecule has 15 heavy (non-hydrogen) atoms. The van der Waals surface area contributed by atoms with Gasteiger partial charge in [0.2, 0.25) is 0 Å². The first kappa shape index (κ1) is 11.3. The highest BCUT2D eigenvalue weighted by Crippen LogP contribution is 2.13. The van der Waals surface area contributed by atoms with Crippen LogP contribution in [-0.4, -0.2) is 16.7 Å². The van der Waals surface area contributed by atoms with Crippen LogP contribution >= 0.6 is 0 Å². The molecule has 1 aromatic heterocycles. The normalized spacial score (nSPS) is 10.9. The number of nitrogen functional groups attached to an aromatic ring is 1. The van der Waals surface area contributed by atoms with Crippen LogP contribution in [0.4, 0.5) is 10.6 Å². The summed E-state index contributed by atoms with van der Waals surface area (Å²) in [7, 11) is 0. The molecular weight excluding hydrogens is 196 g/mol. The molecule has 1 rings (SSSR count). The zero-order chi connectivity index (χ0) is 11.5. The van der Waals surface area contributed by atoms with Crippen molar-refractivity contribution < 1.29 is 14.3 Å². The molecule has 2 N–H and O–H groups in total. The Morgan fingerprint density at radius 3 is 2.53 bits per heavy atom. The standard InChI is InChI=1S/C10H14N2O3/c1-10(2,3)15-9(13)14-7-4-5-8(11)12-6-7/h4-6H,1-3H3,(H2,11,12). The molecule has 0 aliphatic carbocycles. The average Bonchev–Trinajstić information content (AvgIpc) is 2.05. The van der Waals surface area contributed by atoms with E-state index in [1.165, 1.54) is 6.20 Å². The maximum atomic E-state index is 11.2. The van der Waals surface area contributed by atoms with E-state index in [0.717, 1.165) is 0 Å². The molecule has 1 aromatic rings. The summed E-state index contributed by atoms with van der Waals surface area (Å²) in [6.07, 6.45) is 0.605. The first-order valence-electron chi connectivity index (χ1n) is 4.49. The third-order valence-electron chi connectivity index (χ3n) is 1.35. The fraction of sp³-hybridized carbons (Fsp3) is 0.400. The van der Waals surface area contributed by atoms with Crippen molar-refractivity contribution in [3.8, 4) is 5.75 Å². The molecule has 5 nitrogen and oxygen atoms in total. The average molecular weight is 210 g/mol. The zero-order valence-electron chi connectivity index (χ0n) is 8.98. The van der Waals surface area contributed by atoms with Crippen LogP contribution in [0.1, 0.15) is 20.8 Å². The van der Waals surface area contributed by atoms with E-state index in [1.807, 2.05) is 0 Å². The van der Waals surface area contributed by atoms with E-state index >= 15 is 0 Å². The molecule has 82 valence electrons. The van der Waals surface area contributed by atoms with Gasteiger partial charge in [0.05, 0.1) is 6.20 Å². The predicted molar refractivity (Wildman–Crippen MR) is 55.5 cm³/mol. The number of nitrogens with zero attached hydrogens (tertiary/aromatic N) is 1. The Morgan fingerprint density at radius 2 is 2.07 bits per heavy atom. The van der Waals surface area contributed by atoms with E-state index in [0.29, 0.717) is 11.6 Å². The van der Waals surface area contributed by atoms with Crippen molar-refractivity contribution in [1.29, 1.82) is 0 Å². The molecule has 1 heterocycles.